The Kier molecular flexibility index (Phi) is 2.45. The third-order valence-corrected chi connectivity index (χ3v) is 2.58. The van der Waals surface area contributed by atoms with Crippen LogP contribution >= 0.6 is 0 Å². The Bertz CT molecular complexity index is 262. The van der Waals surface area contributed by atoms with Gasteiger partial charge in [0.15, 0.2) is 0 Å². The highest BCUT2D eigenvalue weighted by Gasteiger charge is 2.14. The van der Waals surface area contributed by atoms with E-state index < -0.39 is 0 Å². The molecule has 3 nitrogen and oxygen atoms in total. The van der Waals surface area contributed by atoms with E-state index in [9.17, 15) is 0 Å². The van der Waals surface area contributed by atoms with Crippen LogP contribution < -0.4 is 11.1 Å². The molecule has 1 atom stereocenters. The van der Waals surface area contributed by atoms with E-state index in [0.717, 1.165) is 13.1 Å². The van der Waals surface area contributed by atoms with E-state index in [1.54, 1.807) is 0 Å². The van der Waals surface area contributed by atoms with Crippen LogP contribution in [0.4, 0.5) is 5.82 Å². The van der Waals surface area contributed by atoms with Crippen molar-refractivity contribution in [2.45, 2.75) is 18.8 Å². The summed E-state index contributed by atoms with van der Waals surface area (Å²) in [6.45, 7) is 2.23. The van der Waals surface area contributed by atoms with Crippen molar-refractivity contribution in [3.8, 4) is 0 Å². The highest BCUT2D eigenvalue weighted by Crippen LogP contribution is 2.22. The molecule has 1 aromatic heterocycles. The summed E-state index contributed by atoms with van der Waals surface area (Å²) in [5.74, 6) is 1.23. The van der Waals surface area contributed by atoms with Crippen molar-refractivity contribution in [1.82, 2.24) is 10.3 Å². The van der Waals surface area contributed by atoms with Gasteiger partial charge in [0.05, 0.1) is 0 Å². The van der Waals surface area contributed by atoms with Gasteiger partial charge in [0.1, 0.15) is 5.82 Å². The zero-order chi connectivity index (χ0) is 9.10. The zero-order valence-electron chi connectivity index (χ0n) is 7.66. The number of nitrogens with zero attached hydrogens (tertiary/aromatic N) is 1. The lowest BCUT2D eigenvalue weighted by Crippen LogP contribution is -2.28. The van der Waals surface area contributed by atoms with E-state index in [0.29, 0.717) is 11.7 Å². The molecule has 2 rings (SSSR count). The van der Waals surface area contributed by atoms with Gasteiger partial charge in [-0.05, 0) is 36.9 Å². The Morgan fingerprint density at radius 2 is 2.38 bits per heavy atom. The van der Waals surface area contributed by atoms with Crippen LogP contribution in [0.2, 0.25) is 0 Å². The maximum Gasteiger partial charge on any atom is 0.123 e. The first-order valence-corrected chi connectivity index (χ1v) is 4.78. The molecule has 3 N–H and O–H groups in total. The van der Waals surface area contributed by atoms with E-state index in [1.165, 1.54) is 18.4 Å². The van der Waals surface area contributed by atoms with Crippen molar-refractivity contribution in [2.75, 3.05) is 18.8 Å². The molecule has 1 fully saturated rings. The van der Waals surface area contributed by atoms with Crippen LogP contribution in [0.3, 0.4) is 0 Å². The van der Waals surface area contributed by atoms with Crippen LogP contribution in [0, 0.1) is 0 Å². The van der Waals surface area contributed by atoms with Crippen LogP contribution in [0.1, 0.15) is 24.3 Å². The number of aromatic nitrogens is 1. The maximum absolute atomic E-state index is 5.53. The number of hydrogen-bond donors (Lipinski definition) is 2. The minimum Gasteiger partial charge on any atom is -0.384 e. The van der Waals surface area contributed by atoms with E-state index in [2.05, 4.69) is 16.4 Å². The molecule has 0 aromatic carbocycles. The molecule has 1 saturated heterocycles. The molecule has 1 aliphatic heterocycles. The highest BCUT2D eigenvalue weighted by atomic mass is 14.9. The first kappa shape index (κ1) is 8.51. The van der Waals surface area contributed by atoms with Crippen LogP contribution in [-0.2, 0) is 0 Å². The van der Waals surface area contributed by atoms with Gasteiger partial charge >= 0.3 is 0 Å². The van der Waals surface area contributed by atoms with Gasteiger partial charge in [-0.2, -0.15) is 0 Å². The van der Waals surface area contributed by atoms with Gasteiger partial charge in [-0.3, -0.25) is 0 Å². The Balaban J connectivity index is 2.10. The topological polar surface area (TPSA) is 50.9 Å². The molecule has 0 amide bonds. The van der Waals surface area contributed by atoms with Gasteiger partial charge in [0.2, 0.25) is 0 Å². The second kappa shape index (κ2) is 3.75. The van der Waals surface area contributed by atoms with Crippen LogP contribution in [0.5, 0.6) is 0 Å². The molecule has 3 heteroatoms. The molecule has 1 unspecified atom stereocenters. The monoisotopic (exact) mass is 177 g/mol. The van der Waals surface area contributed by atoms with Crippen molar-refractivity contribution in [3.05, 3.63) is 23.9 Å². The Labute approximate surface area is 78.4 Å². The smallest absolute Gasteiger partial charge is 0.123 e. The summed E-state index contributed by atoms with van der Waals surface area (Å²) < 4.78 is 0. The zero-order valence-corrected chi connectivity index (χ0v) is 7.66. The summed E-state index contributed by atoms with van der Waals surface area (Å²) in [5, 5.41) is 3.39. The fourth-order valence-electron chi connectivity index (χ4n) is 1.79. The number of nitrogen functional groups attached to an aromatic ring is 1. The van der Waals surface area contributed by atoms with Crippen LogP contribution in [-0.4, -0.2) is 18.1 Å². The first-order chi connectivity index (χ1) is 6.36. The lowest BCUT2D eigenvalue weighted by Gasteiger charge is -2.22. The van der Waals surface area contributed by atoms with E-state index in [-0.39, 0.29) is 0 Å². The summed E-state index contributed by atoms with van der Waals surface area (Å²) in [5.41, 5.74) is 6.84. The quantitative estimate of drug-likeness (QED) is 0.676. The molecule has 1 aromatic rings. The standard InChI is InChI=1S/C10H15N3/c11-10-4-3-9(7-13-10)8-2-1-5-12-6-8/h3-4,7-8,12H,1-2,5-6H2,(H2,11,13). The molecule has 13 heavy (non-hydrogen) atoms. The van der Waals surface area contributed by atoms with E-state index >= 15 is 0 Å². The van der Waals surface area contributed by atoms with Gasteiger partial charge in [0.25, 0.3) is 0 Å². The summed E-state index contributed by atoms with van der Waals surface area (Å²) >= 11 is 0. The molecular weight excluding hydrogens is 162 g/mol. The molecular formula is C10H15N3. The molecule has 0 spiro atoms. The lowest BCUT2D eigenvalue weighted by molar-refractivity contribution is 0.461. The van der Waals surface area contributed by atoms with Gasteiger partial charge in [-0.15, -0.1) is 0 Å². The summed E-state index contributed by atoms with van der Waals surface area (Å²) in [6.07, 6.45) is 4.42. The predicted molar refractivity (Wildman–Crippen MR) is 53.5 cm³/mol. The Morgan fingerprint density at radius 3 is 3.00 bits per heavy atom. The van der Waals surface area contributed by atoms with Crippen LogP contribution in [0.25, 0.3) is 0 Å². The SMILES string of the molecule is Nc1ccc(C2CCCNC2)cn1. The largest absolute Gasteiger partial charge is 0.384 e. The molecule has 1 aliphatic rings. The molecule has 0 radical (unpaired) electrons. The van der Waals surface area contributed by atoms with Gasteiger partial charge in [-0.25, -0.2) is 4.98 Å². The number of rotatable bonds is 1. The van der Waals surface area contributed by atoms with E-state index in [1.807, 2.05) is 12.3 Å². The van der Waals surface area contributed by atoms with Crippen LogP contribution in [0.15, 0.2) is 18.3 Å². The van der Waals surface area contributed by atoms with Crippen molar-refractivity contribution in [1.29, 1.82) is 0 Å². The predicted octanol–water partition coefficient (Wildman–Crippen LogP) is 1.13. The fourth-order valence-corrected chi connectivity index (χ4v) is 1.79. The molecule has 2 heterocycles. The lowest BCUT2D eigenvalue weighted by atomic mass is 9.93. The highest BCUT2D eigenvalue weighted by molar-refractivity contribution is 5.31. The second-order valence-electron chi connectivity index (χ2n) is 3.56. The minimum atomic E-state index is 0.604. The average molecular weight is 177 g/mol. The van der Waals surface area contributed by atoms with Crippen molar-refractivity contribution >= 4 is 5.82 Å². The molecule has 0 aliphatic carbocycles. The normalized spacial score (nSPS) is 22.9. The van der Waals surface area contributed by atoms with Crippen molar-refractivity contribution in [2.24, 2.45) is 0 Å². The summed E-state index contributed by atoms with van der Waals surface area (Å²) in [7, 11) is 0. The third-order valence-electron chi connectivity index (χ3n) is 2.58. The molecule has 70 valence electrons. The maximum atomic E-state index is 5.53. The van der Waals surface area contributed by atoms with E-state index in [4.69, 9.17) is 5.73 Å². The summed E-state index contributed by atoms with van der Waals surface area (Å²) in [6, 6.07) is 3.96. The summed E-state index contributed by atoms with van der Waals surface area (Å²) in [4.78, 5) is 4.10. The third kappa shape index (κ3) is 1.98. The van der Waals surface area contributed by atoms with Gasteiger partial charge in [0, 0.05) is 12.7 Å². The number of pyridine rings is 1. The number of hydrogen-bond acceptors (Lipinski definition) is 3. The molecule has 0 bridgehead atoms. The number of piperidine rings is 1. The van der Waals surface area contributed by atoms with Crippen molar-refractivity contribution < 1.29 is 0 Å². The number of anilines is 1. The average Bonchev–Trinajstić information content (AvgIpc) is 2.20. The van der Waals surface area contributed by atoms with Gasteiger partial charge < -0.3 is 11.1 Å². The van der Waals surface area contributed by atoms with Crippen molar-refractivity contribution in [3.63, 3.8) is 0 Å². The first-order valence-electron chi connectivity index (χ1n) is 4.78. The minimum absolute atomic E-state index is 0.604. The molecule has 0 saturated carbocycles. The Hall–Kier alpha value is -1.09. The van der Waals surface area contributed by atoms with Gasteiger partial charge in [-0.1, -0.05) is 6.07 Å². The fraction of sp³-hybridized carbons (Fsp3) is 0.500. The number of nitrogens with one attached hydrogen (secondary N) is 1. The number of nitrogens with two attached hydrogens (primary N) is 1. The second-order valence-corrected chi connectivity index (χ2v) is 3.56. The Morgan fingerprint density at radius 1 is 1.46 bits per heavy atom.